The Labute approximate surface area is 179 Å². The van der Waals surface area contributed by atoms with Crippen LogP contribution in [0.2, 0.25) is 0 Å². The number of methoxy groups -OCH3 is 2. The van der Waals surface area contributed by atoms with Gasteiger partial charge < -0.3 is 18.8 Å². The second-order valence-corrected chi connectivity index (χ2v) is 9.83. The molecule has 11 heteroatoms. The first-order valence-electron chi connectivity index (χ1n) is 9.68. The van der Waals surface area contributed by atoms with Crippen LogP contribution in [0.1, 0.15) is 19.8 Å². The Balaban J connectivity index is 2.08. The fourth-order valence-electron chi connectivity index (χ4n) is 3.55. The van der Waals surface area contributed by atoms with Gasteiger partial charge in [0, 0.05) is 31.8 Å². The fourth-order valence-corrected chi connectivity index (χ4v) is 5.74. The minimum Gasteiger partial charge on any atom is -0.493 e. The summed E-state index contributed by atoms with van der Waals surface area (Å²) in [6.45, 7) is 3.79. The smallest absolute Gasteiger partial charge is 0.266 e. The molecule has 1 amide bonds. The molecule has 0 bridgehead atoms. The molecule has 1 saturated heterocycles. The molecule has 2 aromatic rings. The summed E-state index contributed by atoms with van der Waals surface area (Å²) in [5, 5.41) is 0. The first kappa shape index (κ1) is 22.7. The van der Waals surface area contributed by atoms with Crippen LogP contribution in [0.25, 0.3) is 10.2 Å². The average Bonchev–Trinajstić information content (AvgIpc) is 3.32. The van der Waals surface area contributed by atoms with Crippen molar-refractivity contribution in [3.8, 4) is 11.5 Å². The molecule has 0 radical (unpaired) electrons. The molecule has 1 fully saturated rings. The van der Waals surface area contributed by atoms with Crippen molar-refractivity contribution < 1.29 is 27.4 Å². The van der Waals surface area contributed by atoms with E-state index in [0.29, 0.717) is 55.4 Å². The number of fused-ring (bicyclic) bond motifs is 1. The zero-order valence-electron chi connectivity index (χ0n) is 17.6. The average molecular weight is 458 g/mol. The predicted octanol–water partition coefficient (Wildman–Crippen LogP) is 1.61. The molecular formula is C19H27N3O6S2. The minimum absolute atomic E-state index is 0.343. The number of aromatic nitrogens is 1. The number of sulfonamides is 1. The molecule has 1 atom stereocenters. The van der Waals surface area contributed by atoms with E-state index in [4.69, 9.17) is 14.2 Å². The Bertz CT molecular complexity index is 1090. The maximum atomic E-state index is 12.9. The van der Waals surface area contributed by atoms with Gasteiger partial charge in [-0.1, -0.05) is 11.3 Å². The van der Waals surface area contributed by atoms with Crippen LogP contribution in [0.5, 0.6) is 11.5 Å². The number of hydrogen-bond acceptors (Lipinski definition) is 7. The quantitative estimate of drug-likeness (QED) is 0.559. The van der Waals surface area contributed by atoms with Crippen LogP contribution in [0.4, 0.5) is 0 Å². The zero-order valence-corrected chi connectivity index (χ0v) is 19.2. The normalized spacial score (nSPS) is 18.3. The molecule has 1 aliphatic rings. The van der Waals surface area contributed by atoms with Crippen LogP contribution in [0.3, 0.4) is 0 Å². The predicted molar refractivity (Wildman–Crippen MR) is 115 cm³/mol. The van der Waals surface area contributed by atoms with Gasteiger partial charge in [-0.3, -0.25) is 4.79 Å². The highest BCUT2D eigenvalue weighted by molar-refractivity contribution is 7.88. The zero-order chi connectivity index (χ0) is 21.9. The van der Waals surface area contributed by atoms with Gasteiger partial charge in [-0.2, -0.15) is 9.30 Å². The van der Waals surface area contributed by atoms with E-state index >= 15 is 0 Å². The van der Waals surface area contributed by atoms with Gasteiger partial charge in [0.1, 0.15) is 6.04 Å². The summed E-state index contributed by atoms with van der Waals surface area (Å²) in [5.74, 6) is 0.707. The molecule has 166 valence electrons. The standard InChI is InChI=1S/C19H27N3O6S2/c1-5-28-10-9-21-14-11-15(26-2)16(27-3)12-17(14)29-19(21)20-18(23)13-7-6-8-22(13)30(4,24)25/h11-13H,5-10H2,1-4H3. The van der Waals surface area contributed by atoms with Crippen molar-refractivity contribution in [3.63, 3.8) is 0 Å². The van der Waals surface area contributed by atoms with Crippen molar-refractivity contribution in [3.05, 3.63) is 16.9 Å². The summed E-state index contributed by atoms with van der Waals surface area (Å²) in [4.78, 5) is 17.7. The van der Waals surface area contributed by atoms with Crippen molar-refractivity contribution in [1.82, 2.24) is 8.87 Å². The van der Waals surface area contributed by atoms with E-state index in [2.05, 4.69) is 4.99 Å². The van der Waals surface area contributed by atoms with E-state index in [1.807, 2.05) is 23.6 Å². The van der Waals surface area contributed by atoms with Crippen molar-refractivity contribution in [2.75, 3.05) is 40.2 Å². The lowest BCUT2D eigenvalue weighted by Crippen LogP contribution is -2.40. The highest BCUT2D eigenvalue weighted by Crippen LogP contribution is 2.33. The minimum atomic E-state index is -3.46. The molecule has 1 aromatic carbocycles. The molecule has 0 aliphatic carbocycles. The molecule has 1 aromatic heterocycles. The number of rotatable bonds is 8. The summed E-state index contributed by atoms with van der Waals surface area (Å²) < 4.78 is 44.3. The lowest BCUT2D eigenvalue weighted by Gasteiger charge is -2.18. The van der Waals surface area contributed by atoms with Gasteiger partial charge in [0.25, 0.3) is 5.91 Å². The molecular weight excluding hydrogens is 430 g/mol. The number of hydrogen-bond donors (Lipinski definition) is 0. The van der Waals surface area contributed by atoms with Crippen LogP contribution in [0, 0.1) is 0 Å². The van der Waals surface area contributed by atoms with Gasteiger partial charge in [-0.05, 0) is 19.8 Å². The van der Waals surface area contributed by atoms with Crippen LogP contribution in [0.15, 0.2) is 17.1 Å². The van der Waals surface area contributed by atoms with Gasteiger partial charge in [0.15, 0.2) is 16.3 Å². The first-order chi connectivity index (χ1) is 14.3. The van der Waals surface area contributed by atoms with E-state index in [-0.39, 0.29) is 0 Å². The number of thiazole rings is 1. The van der Waals surface area contributed by atoms with Crippen molar-refractivity contribution in [2.24, 2.45) is 4.99 Å². The molecule has 0 spiro atoms. The van der Waals surface area contributed by atoms with Crippen molar-refractivity contribution in [1.29, 1.82) is 0 Å². The largest absolute Gasteiger partial charge is 0.493 e. The van der Waals surface area contributed by atoms with E-state index < -0.39 is 22.0 Å². The molecule has 1 unspecified atom stereocenters. The summed E-state index contributed by atoms with van der Waals surface area (Å²) in [5.41, 5.74) is 0.843. The Kier molecular flexibility index (Phi) is 7.17. The van der Waals surface area contributed by atoms with E-state index in [9.17, 15) is 13.2 Å². The third-order valence-electron chi connectivity index (χ3n) is 4.97. The van der Waals surface area contributed by atoms with Crippen LogP contribution in [-0.2, 0) is 26.1 Å². The lowest BCUT2D eigenvalue weighted by atomic mass is 10.2. The van der Waals surface area contributed by atoms with E-state index in [0.717, 1.165) is 16.5 Å². The van der Waals surface area contributed by atoms with Crippen molar-refractivity contribution in [2.45, 2.75) is 32.4 Å². The number of nitrogens with zero attached hydrogens (tertiary/aromatic N) is 3. The molecule has 1 aliphatic heterocycles. The molecule has 0 saturated carbocycles. The maximum Gasteiger partial charge on any atom is 0.266 e. The summed E-state index contributed by atoms with van der Waals surface area (Å²) in [6.07, 6.45) is 2.24. The summed E-state index contributed by atoms with van der Waals surface area (Å²) in [7, 11) is -0.334. The Hall–Kier alpha value is -1.95. The van der Waals surface area contributed by atoms with Gasteiger partial charge in [0.05, 0.1) is 37.3 Å². The number of ether oxygens (including phenoxy) is 3. The van der Waals surface area contributed by atoms with Gasteiger partial charge >= 0.3 is 0 Å². The number of benzene rings is 1. The third-order valence-corrected chi connectivity index (χ3v) is 7.30. The van der Waals surface area contributed by atoms with Gasteiger partial charge in [0.2, 0.25) is 10.0 Å². The molecule has 0 N–H and O–H groups in total. The second kappa shape index (κ2) is 9.46. The Morgan fingerprint density at radius 2 is 1.97 bits per heavy atom. The highest BCUT2D eigenvalue weighted by Gasteiger charge is 2.36. The number of carbonyl (C=O) groups excluding carboxylic acids is 1. The third kappa shape index (κ3) is 4.69. The topological polar surface area (TPSA) is 99.4 Å². The van der Waals surface area contributed by atoms with E-state index in [1.54, 1.807) is 14.2 Å². The van der Waals surface area contributed by atoms with E-state index in [1.165, 1.54) is 15.6 Å². The summed E-state index contributed by atoms with van der Waals surface area (Å²) in [6, 6.07) is 2.94. The Morgan fingerprint density at radius 1 is 1.27 bits per heavy atom. The maximum absolute atomic E-state index is 12.9. The number of carbonyl (C=O) groups is 1. The van der Waals surface area contributed by atoms with Crippen molar-refractivity contribution >= 4 is 37.5 Å². The Morgan fingerprint density at radius 3 is 2.60 bits per heavy atom. The number of amides is 1. The second-order valence-electron chi connectivity index (χ2n) is 6.89. The molecule has 30 heavy (non-hydrogen) atoms. The monoisotopic (exact) mass is 457 g/mol. The van der Waals surface area contributed by atoms with Gasteiger partial charge in [-0.15, -0.1) is 0 Å². The lowest BCUT2D eigenvalue weighted by molar-refractivity contribution is -0.121. The van der Waals surface area contributed by atoms with Crippen LogP contribution in [-0.4, -0.2) is 69.5 Å². The molecule has 2 heterocycles. The van der Waals surface area contributed by atoms with Crippen LogP contribution < -0.4 is 14.3 Å². The first-order valence-corrected chi connectivity index (χ1v) is 12.3. The highest BCUT2D eigenvalue weighted by atomic mass is 32.2. The van der Waals surface area contributed by atoms with Gasteiger partial charge in [-0.25, -0.2) is 8.42 Å². The summed E-state index contributed by atoms with van der Waals surface area (Å²) >= 11 is 1.34. The fraction of sp³-hybridized carbons (Fsp3) is 0.579. The molecule has 3 rings (SSSR count). The molecule has 9 nitrogen and oxygen atoms in total. The SMILES string of the molecule is CCOCCn1c(=NC(=O)C2CCCN2S(C)(=O)=O)sc2cc(OC)c(OC)cc21. The van der Waals surface area contributed by atoms with Crippen LogP contribution >= 0.6 is 11.3 Å².